The molecule has 0 amide bonds. The highest BCUT2D eigenvalue weighted by Crippen LogP contribution is 2.39. The molecule has 5 aromatic rings. The van der Waals surface area contributed by atoms with Gasteiger partial charge in [0.15, 0.2) is 11.6 Å². The zero-order valence-electron chi connectivity index (χ0n) is 22.8. The maximum atomic E-state index is 15.0. The maximum absolute atomic E-state index is 15.0. The van der Waals surface area contributed by atoms with Crippen molar-refractivity contribution in [1.82, 2.24) is 0 Å². The Morgan fingerprint density at radius 1 is 0.467 bits per heavy atom. The van der Waals surface area contributed by atoms with E-state index in [0.29, 0.717) is 41.5 Å². The lowest BCUT2D eigenvalue weighted by Crippen LogP contribution is -2.25. The third-order valence-corrected chi connectivity index (χ3v) is 6.65. The van der Waals surface area contributed by atoms with Crippen molar-refractivity contribution in [3.05, 3.63) is 131 Å². The molecule has 0 bridgehead atoms. The van der Waals surface area contributed by atoms with Crippen molar-refractivity contribution in [3.8, 4) is 44.9 Å². The number of alkyl halides is 5. The molecular weight excluding hydrogens is 618 g/mol. The van der Waals surface area contributed by atoms with Crippen molar-refractivity contribution in [1.29, 1.82) is 0 Å². The smallest absolute Gasteiger partial charge is 0.429 e. The Morgan fingerprint density at radius 3 is 1.56 bits per heavy atom. The second kappa shape index (κ2) is 11.8. The van der Waals surface area contributed by atoms with Crippen LogP contribution in [0.4, 0.5) is 43.9 Å². The van der Waals surface area contributed by atoms with E-state index < -0.39 is 64.2 Å². The van der Waals surface area contributed by atoms with Crippen LogP contribution in [0.15, 0.2) is 91.0 Å². The second-order valence-electron chi connectivity index (χ2n) is 9.83. The number of rotatable bonds is 7. The van der Waals surface area contributed by atoms with Gasteiger partial charge in [-0.2, -0.15) is 8.78 Å². The van der Waals surface area contributed by atoms with Crippen LogP contribution in [0.3, 0.4) is 0 Å². The summed E-state index contributed by atoms with van der Waals surface area (Å²) in [4.78, 5) is 0. The van der Waals surface area contributed by atoms with Gasteiger partial charge >= 0.3 is 12.5 Å². The SMILES string of the molecule is Cc1ccc(-c2ccc(-c3cc(F)c(C(F)(F)Oc4ccc(-c5ccc(OC(F)(F)F)c(F)c5)c(F)c4)c(F)c3)c(F)c2)cc1. The number of aryl methyl sites for hydroxylation is 1. The molecule has 0 atom stereocenters. The number of hydrogen-bond donors (Lipinski definition) is 0. The van der Waals surface area contributed by atoms with E-state index in [1.54, 1.807) is 12.1 Å². The first kappa shape index (κ1) is 31.4. The van der Waals surface area contributed by atoms with Crippen LogP contribution in [0.25, 0.3) is 33.4 Å². The van der Waals surface area contributed by atoms with Gasteiger partial charge in [0.05, 0.1) is 0 Å². The Hall–Kier alpha value is -5.00. The first-order valence-electron chi connectivity index (χ1n) is 12.9. The summed E-state index contributed by atoms with van der Waals surface area (Å²) in [6.45, 7) is 1.87. The minimum absolute atomic E-state index is 0.258. The summed E-state index contributed by atoms with van der Waals surface area (Å²) in [6, 6.07) is 16.1. The molecule has 0 aliphatic rings. The van der Waals surface area contributed by atoms with Gasteiger partial charge in [-0.15, -0.1) is 13.2 Å². The largest absolute Gasteiger partial charge is 0.573 e. The number of benzene rings is 5. The predicted molar refractivity (Wildman–Crippen MR) is 145 cm³/mol. The minimum atomic E-state index is -5.18. The Morgan fingerprint density at radius 2 is 0.978 bits per heavy atom. The van der Waals surface area contributed by atoms with Crippen LogP contribution in [0.5, 0.6) is 11.5 Å². The summed E-state index contributed by atoms with van der Waals surface area (Å²) in [5.74, 6) is -9.22. The van der Waals surface area contributed by atoms with Gasteiger partial charge in [-0.3, -0.25) is 0 Å². The van der Waals surface area contributed by atoms with Crippen LogP contribution in [0, 0.1) is 36.0 Å². The molecule has 0 aliphatic carbocycles. The van der Waals surface area contributed by atoms with Gasteiger partial charge in [-0.1, -0.05) is 48.0 Å². The molecular formula is C33H18F10O2. The standard InChI is InChI=1S/C33H18F10O2/c1-17-2-4-18(5-3-17)19-6-9-24(25(34)12-19)21-14-28(37)31(29(38)15-21)32(39,40)44-22-8-10-23(26(35)16-22)20-7-11-30(27(36)13-20)45-33(41,42)43/h2-16H,1H3. The van der Waals surface area contributed by atoms with Crippen LogP contribution < -0.4 is 9.47 Å². The third kappa shape index (κ3) is 6.89. The average Bonchev–Trinajstić information content (AvgIpc) is 2.93. The molecule has 0 unspecified atom stereocenters. The molecule has 2 nitrogen and oxygen atoms in total. The average molecular weight is 636 g/mol. The lowest BCUT2D eigenvalue weighted by molar-refractivity contribution is -0.275. The zero-order valence-corrected chi connectivity index (χ0v) is 22.8. The Kier molecular flexibility index (Phi) is 8.26. The highest BCUT2D eigenvalue weighted by atomic mass is 19.4. The molecule has 0 saturated heterocycles. The molecule has 0 N–H and O–H groups in total. The number of hydrogen-bond acceptors (Lipinski definition) is 2. The van der Waals surface area contributed by atoms with E-state index >= 15 is 0 Å². The molecule has 0 spiro atoms. The van der Waals surface area contributed by atoms with Gasteiger partial charge in [0.1, 0.15) is 34.6 Å². The first-order chi connectivity index (χ1) is 21.1. The van der Waals surface area contributed by atoms with Crippen LogP contribution >= 0.6 is 0 Å². The highest BCUT2D eigenvalue weighted by molar-refractivity contribution is 5.72. The summed E-state index contributed by atoms with van der Waals surface area (Å²) < 4.78 is 149. The molecule has 5 rings (SSSR count). The number of halogens is 10. The molecule has 0 radical (unpaired) electrons. The fourth-order valence-electron chi connectivity index (χ4n) is 4.55. The van der Waals surface area contributed by atoms with E-state index in [-0.39, 0.29) is 16.7 Å². The topological polar surface area (TPSA) is 18.5 Å². The summed E-state index contributed by atoms with van der Waals surface area (Å²) in [5, 5.41) is 0. The molecule has 0 heterocycles. The Balaban J connectivity index is 1.38. The molecule has 232 valence electrons. The molecule has 0 saturated carbocycles. The van der Waals surface area contributed by atoms with Gasteiger partial charge in [0.2, 0.25) is 0 Å². The fourth-order valence-corrected chi connectivity index (χ4v) is 4.55. The Bertz CT molecular complexity index is 1860. The lowest BCUT2D eigenvalue weighted by atomic mass is 9.98. The van der Waals surface area contributed by atoms with E-state index in [9.17, 15) is 43.9 Å². The van der Waals surface area contributed by atoms with E-state index in [1.807, 2.05) is 19.1 Å². The monoisotopic (exact) mass is 636 g/mol. The van der Waals surface area contributed by atoms with E-state index in [0.717, 1.165) is 29.8 Å². The summed E-state index contributed by atoms with van der Waals surface area (Å²) in [7, 11) is 0. The van der Waals surface area contributed by atoms with Gasteiger partial charge in [0.25, 0.3) is 0 Å². The molecule has 0 fully saturated rings. The normalized spacial score (nSPS) is 11.9. The fraction of sp³-hybridized carbons (Fsp3) is 0.0909. The molecule has 0 aromatic heterocycles. The van der Waals surface area contributed by atoms with Crippen molar-refractivity contribution in [2.24, 2.45) is 0 Å². The quantitative estimate of drug-likeness (QED) is 0.166. The van der Waals surface area contributed by atoms with E-state index in [4.69, 9.17) is 0 Å². The van der Waals surface area contributed by atoms with Gasteiger partial charge < -0.3 is 9.47 Å². The van der Waals surface area contributed by atoms with E-state index in [1.165, 1.54) is 12.1 Å². The Labute approximate surface area is 249 Å². The molecule has 45 heavy (non-hydrogen) atoms. The number of ether oxygens (including phenoxy) is 2. The summed E-state index contributed by atoms with van der Waals surface area (Å²) in [6.07, 6.45) is -9.86. The van der Waals surface area contributed by atoms with Gasteiger partial charge in [0, 0.05) is 17.2 Å². The summed E-state index contributed by atoms with van der Waals surface area (Å²) >= 11 is 0. The third-order valence-electron chi connectivity index (χ3n) is 6.65. The van der Waals surface area contributed by atoms with Crippen molar-refractivity contribution in [2.75, 3.05) is 0 Å². The minimum Gasteiger partial charge on any atom is -0.429 e. The van der Waals surface area contributed by atoms with Crippen LogP contribution in [-0.2, 0) is 6.11 Å². The van der Waals surface area contributed by atoms with Crippen molar-refractivity contribution < 1.29 is 53.4 Å². The maximum Gasteiger partial charge on any atom is 0.573 e. The van der Waals surface area contributed by atoms with E-state index in [2.05, 4.69) is 9.47 Å². The lowest BCUT2D eigenvalue weighted by Gasteiger charge is -2.20. The molecule has 5 aromatic carbocycles. The molecule has 0 aliphatic heterocycles. The zero-order chi connectivity index (χ0) is 32.7. The summed E-state index contributed by atoms with van der Waals surface area (Å²) in [5.41, 5.74) is -1.00. The highest BCUT2D eigenvalue weighted by Gasteiger charge is 2.41. The predicted octanol–water partition coefficient (Wildman–Crippen LogP) is 10.7. The first-order valence-corrected chi connectivity index (χ1v) is 12.9. The molecule has 12 heteroatoms. The van der Waals surface area contributed by atoms with Gasteiger partial charge in [-0.25, -0.2) is 22.0 Å². The van der Waals surface area contributed by atoms with Crippen molar-refractivity contribution in [2.45, 2.75) is 19.4 Å². The second-order valence-corrected chi connectivity index (χ2v) is 9.83. The van der Waals surface area contributed by atoms with Crippen LogP contribution in [0.1, 0.15) is 11.1 Å². The van der Waals surface area contributed by atoms with Gasteiger partial charge in [-0.05, 0) is 71.6 Å². The van der Waals surface area contributed by atoms with Crippen molar-refractivity contribution in [3.63, 3.8) is 0 Å². The van der Waals surface area contributed by atoms with Crippen LogP contribution in [0.2, 0.25) is 0 Å². The van der Waals surface area contributed by atoms with Crippen molar-refractivity contribution >= 4 is 0 Å². The van der Waals surface area contributed by atoms with Crippen LogP contribution in [-0.4, -0.2) is 6.36 Å².